The molecule has 0 amide bonds. The molecule has 0 unspecified atom stereocenters. The molecular formula is C31H33F3N2O5. The summed E-state index contributed by atoms with van der Waals surface area (Å²) in [6.07, 6.45) is -0.834. The van der Waals surface area contributed by atoms with Crippen LogP contribution in [0.1, 0.15) is 37.8 Å². The number of aliphatic hydroxyl groups excluding tert-OH is 1. The number of halogens is 3. The maximum Gasteiger partial charge on any atom is 0.401 e. The van der Waals surface area contributed by atoms with Gasteiger partial charge in [-0.05, 0) is 56.9 Å². The summed E-state index contributed by atoms with van der Waals surface area (Å²) >= 11 is 0. The van der Waals surface area contributed by atoms with E-state index in [-0.39, 0.29) is 37.1 Å². The standard InChI is InChI=1S/C21H20N2O4.C10H13F3O/c1-12-5-15(4-3-14(12)6-13(2)25)19-9-22-17-7-20-21(8-18(17)23-19)27-16(10-24)11-26-20;1-7(2)6-8(14-3)9(4-5-9)10(11,12)13/h3-5,7-9,16,24H,6,10-11H2,1-2H3;6H,1,4-5H2,2-3H3/b;8-6-/t16-;/m1./s1. The molecule has 41 heavy (non-hydrogen) atoms. The number of allylic oxidation sites excluding steroid dienone is 3. The molecule has 7 nitrogen and oxygen atoms in total. The first-order valence-electron chi connectivity index (χ1n) is 13.2. The fourth-order valence-electron chi connectivity index (χ4n) is 4.58. The zero-order chi connectivity index (χ0) is 29.9. The number of benzene rings is 2. The highest BCUT2D eigenvalue weighted by Crippen LogP contribution is 2.62. The fraction of sp³-hybridized carbons (Fsp3) is 0.387. The second-order valence-electron chi connectivity index (χ2n) is 10.4. The number of aryl methyl sites for hydroxylation is 1. The van der Waals surface area contributed by atoms with E-state index in [2.05, 4.69) is 11.6 Å². The van der Waals surface area contributed by atoms with Crippen molar-refractivity contribution in [1.82, 2.24) is 9.97 Å². The number of aromatic nitrogens is 2. The highest BCUT2D eigenvalue weighted by atomic mass is 19.4. The Morgan fingerprint density at radius 1 is 1.20 bits per heavy atom. The molecule has 1 aromatic heterocycles. The van der Waals surface area contributed by atoms with E-state index in [9.17, 15) is 23.1 Å². The molecule has 2 aromatic carbocycles. The SMILES string of the molecule is C=C(C)/C=C(\OC)C1(C(F)(F)F)CC1.CC(=O)Cc1ccc(-c2cnc3cc4c(cc3n2)O[C@H](CO)CO4)cc1C. The van der Waals surface area contributed by atoms with Crippen LogP contribution >= 0.6 is 0 Å². The number of alkyl halides is 3. The highest BCUT2D eigenvalue weighted by molar-refractivity contribution is 5.82. The molecule has 1 aliphatic heterocycles. The molecule has 0 saturated heterocycles. The highest BCUT2D eigenvalue weighted by Gasteiger charge is 2.66. The molecule has 2 aliphatic rings. The van der Waals surface area contributed by atoms with Gasteiger partial charge in [0.1, 0.15) is 23.6 Å². The number of carbonyl (C=O) groups is 1. The average molecular weight is 571 g/mol. The minimum Gasteiger partial charge on any atom is -0.500 e. The van der Waals surface area contributed by atoms with Gasteiger partial charge in [0.2, 0.25) is 0 Å². The number of carbonyl (C=O) groups excluding carboxylic acids is 1. The average Bonchev–Trinajstić information content (AvgIpc) is 3.73. The molecule has 3 aromatic rings. The summed E-state index contributed by atoms with van der Waals surface area (Å²) in [7, 11) is 1.26. The maximum atomic E-state index is 12.6. The first kappa shape index (κ1) is 30.0. The van der Waals surface area contributed by atoms with Crippen LogP contribution < -0.4 is 9.47 Å². The quantitative estimate of drug-likeness (QED) is 0.263. The summed E-state index contributed by atoms with van der Waals surface area (Å²) in [6, 6.07) is 9.54. The minimum absolute atomic E-state index is 0.0162. The van der Waals surface area contributed by atoms with Crippen LogP contribution in [0.15, 0.2) is 60.5 Å². The summed E-state index contributed by atoms with van der Waals surface area (Å²) in [5.74, 6) is 1.30. The van der Waals surface area contributed by atoms with Crippen LogP contribution in [0.5, 0.6) is 11.5 Å². The van der Waals surface area contributed by atoms with Gasteiger partial charge in [-0.2, -0.15) is 13.2 Å². The Bertz CT molecular complexity index is 1500. The van der Waals surface area contributed by atoms with E-state index in [4.69, 9.17) is 19.2 Å². The number of ether oxygens (including phenoxy) is 3. The van der Waals surface area contributed by atoms with Crippen LogP contribution in [-0.2, 0) is 16.0 Å². The van der Waals surface area contributed by atoms with Gasteiger partial charge in [0.25, 0.3) is 0 Å². The Hall–Kier alpha value is -3.92. The lowest BCUT2D eigenvalue weighted by Crippen LogP contribution is -2.32. The predicted molar refractivity (Wildman–Crippen MR) is 149 cm³/mol. The number of ketones is 1. The number of Topliss-reactive ketones (excluding diaryl/α,β-unsaturated/α-hetero) is 1. The first-order chi connectivity index (χ1) is 19.4. The topological polar surface area (TPSA) is 90.8 Å². The molecule has 2 heterocycles. The van der Waals surface area contributed by atoms with Gasteiger partial charge in [0.15, 0.2) is 17.6 Å². The Balaban J connectivity index is 0.000000234. The number of rotatable bonds is 7. The van der Waals surface area contributed by atoms with Gasteiger partial charge in [-0.1, -0.05) is 24.3 Å². The van der Waals surface area contributed by atoms with Crippen LogP contribution in [0, 0.1) is 12.3 Å². The molecule has 1 aliphatic carbocycles. The number of nitrogens with zero attached hydrogens (tertiary/aromatic N) is 2. The molecule has 0 spiro atoms. The molecule has 0 radical (unpaired) electrons. The van der Waals surface area contributed by atoms with E-state index in [1.54, 1.807) is 32.2 Å². The second kappa shape index (κ2) is 11.9. The Labute approximate surface area is 236 Å². The van der Waals surface area contributed by atoms with Gasteiger partial charge < -0.3 is 19.3 Å². The Kier molecular flexibility index (Phi) is 8.72. The van der Waals surface area contributed by atoms with Crippen LogP contribution in [-0.4, -0.2) is 53.5 Å². The molecule has 1 N–H and O–H groups in total. The van der Waals surface area contributed by atoms with E-state index in [0.717, 1.165) is 22.4 Å². The van der Waals surface area contributed by atoms with Crippen molar-refractivity contribution in [1.29, 1.82) is 0 Å². The van der Waals surface area contributed by atoms with E-state index in [1.807, 2.05) is 25.1 Å². The van der Waals surface area contributed by atoms with Crippen molar-refractivity contribution in [2.75, 3.05) is 20.3 Å². The van der Waals surface area contributed by atoms with Gasteiger partial charge in [-0.15, -0.1) is 0 Å². The third-order valence-corrected chi connectivity index (χ3v) is 6.97. The molecule has 10 heteroatoms. The largest absolute Gasteiger partial charge is 0.500 e. The summed E-state index contributed by atoms with van der Waals surface area (Å²) < 4.78 is 54.1. The molecule has 5 rings (SSSR count). The summed E-state index contributed by atoms with van der Waals surface area (Å²) in [5.41, 5.74) is 4.01. The zero-order valence-corrected chi connectivity index (χ0v) is 23.5. The monoisotopic (exact) mass is 570 g/mol. The third kappa shape index (κ3) is 6.70. The van der Waals surface area contributed by atoms with Crippen LogP contribution in [0.3, 0.4) is 0 Å². The number of hydrogen-bond donors (Lipinski definition) is 1. The summed E-state index contributed by atoms with van der Waals surface area (Å²) in [6.45, 7) is 8.98. The molecular weight excluding hydrogens is 537 g/mol. The van der Waals surface area contributed by atoms with Gasteiger partial charge >= 0.3 is 6.18 Å². The number of fused-ring (bicyclic) bond motifs is 2. The van der Waals surface area contributed by atoms with Gasteiger partial charge in [-0.3, -0.25) is 9.78 Å². The van der Waals surface area contributed by atoms with Crippen molar-refractivity contribution < 1.29 is 37.3 Å². The molecule has 1 fully saturated rings. The molecule has 0 bridgehead atoms. The number of hydrogen-bond acceptors (Lipinski definition) is 7. The van der Waals surface area contributed by atoms with Gasteiger partial charge in [0, 0.05) is 24.1 Å². The van der Waals surface area contributed by atoms with Gasteiger partial charge in [0.05, 0.1) is 36.6 Å². The van der Waals surface area contributed by atoms with Crippen molar-refractivity contribution >= 4 is 16.8 Å². The molecule has 218 valence electrons. The Morgan fingerprint density at radius 2 is 1.90 bits per heavy atom. The summed E-state index contributed by atoms with van der Waals surface area (Å²) in [5, 5.41) is 9.27. The first-order valence-corrected chi connectivity index (χ1v) is 13.2. The number of aliphatic hydroxyl groups is 1. The van der Waals surface area contributed by atoms with Crippen molar-refractivity contribution in [2.24, 2.45) is 5.41 Å². The van der Waals surface area contributed by atoms with E-state index < -0.39 is 11.6 Å². The predicted octanol–water partition coefficient (Wildman–Crippen LogP) is 6.30. The summed E-state index contributed by atoms with van der Waals surface area (Å²) in [4.78, 5) is 20.6. The smallest absolute Gasteiger partial charge is 0.401 e. The van der Waals surface area contributed by atoms with Crippen molar-refractivity contribution in [3.63, 3.8) is 0 Å². The maximum absolute atomic E-state index is 12.6. The lowest BCUT2D eigenvalue weighted by atomic mass is 10.00. The molecule has 1 saturated carbocycles. The van der Waals surface area contributed by atoms with Crippen LogP contribution in [0.2, 0.25) is 0 Å². The zero-order valence-electron chi connectivity index (χ0n) is 23.5. The third-order valence-electron chi connectivity index (χ3n) is 6.97. The van der Waals surface area contributed by atoms with Crippen molar-refractivity contribution in [3.8, 4) is 22.8 Å². The lowest BCUT2D eigenvalue weighted by Gasteiger charge is -2.25. The van der Waals surface area contributed by atoms with E-state index >= 15 is 0 Å². The van der Waals surface area contributed by atoms with E-state index in [1.165, 1.54) is 13.2 Å². The van der Waals surface area contributed by atoms with Crippen molar-refractivity contribution in [3.05, 3.63) is 71.6 Å². The lowest BCUT2D eigenvalue weighted by molar-refractivity contribution is -0.184. The van der Waals surface area contributed by atoms with Crippen molar-refractivity contribution in [2.45, 2.75) is 52.3 Å². The minimum atomic E-state index is -4.22. The second-order valence-corrected chi connectivity index (χ2v) is 10.4. The van der Waals surface area contributed by atoms with Crippen LogP contribution in [0.25, 0.3) is 22.3 Å². The number of methoxy groups -OCH3 is 1. The van der Waals surface area contributed by atoms with E-state index in [0.29, 0.717) is 41.1 Å². The molecule has 1 atom stereocenters. The van der Waals surface area contributed by atoms with Crippen LogP contribution in [0.4, 0.5) is 13.2 Å². The Morgan fingerprint density at radius 3 is 2.46 bits per heavy atom. The normalized spacial score (nSPS) is 17.4. The van der Waals surface area contributed by atoms with Gasteiger partial charge in [-0.25, -0.2) is 4.98 Å². The fourth-order valence-corrected chi connectivity index (χ4v) is 4.58.